The van der Waals surface area contributed by atoms with Crippen molar-refractivity contribution in [1.82, 2.24) is 19.6 Å². The van der Waals surface area contributed by atoms with Crippen molar-refractivity contribution >= 4 is 0 Å². The SMILES string of the molecule is Cc1ccc(C(O)CN(C)C[C@@H]2CCCN(C)[C@H]2c2cnn(C)c2)cc1. The predicted octanol–water partition coefficient (Wildman–Crippen LogP) is 2.78. The second-order valence-corrected chi connectivity index (χ2v) is 7.92. The lowest BCUT2D eigenvalue weighted by Gasteiger charge is -2.40. The van der Waals surface area contributed by atoms with Gasteiger partial charge in [0.25, 0.3) is 0 Å². The molecule has 0 aliphatic carbocycles. The van der Waals surface area contributed by atoms with Gasteiger partial charge in [0, 0.05) is 37.9 Å². The molecule has 5 nitrogen and oxygen atoms in total. The maximum absolute atomic E-state index is 10.6. The van der Waals surface area contributed by atoms with Crippen LogP contribution in [0.2, 0.25) is 0 Å². The Morgan fingerprint density at radius 1 is 1.27 bits per heavy atom. The van der Waals surface area contributed by atoms with E-state index in [4.69, 9.17) is 0 Å². The molecule has 1 fully saturated rings. The van der Waals surface area contributed by atoms with Crippen LogP contribution in [0.25, 0.3) is 0 Å². The number of aromatic nitrogens is 2. The van der Waals surface area contributed by atoms with Crippen molar-refractivity contribution < 1.29 is 5.11 Å². The fraction of sp³-hybridized carbons (Fsp3) is 0.571. The van der Waals surface area contributed by atoms with Gasteiger partial charge in [-0.1, -0.05) is 29.8 Å². The van der Waals surface area contributed by atoms with Crippen LogP contribution in [0.3, 0.4) is 0 Å². The highest BCUT2D eigenvalue weighted by atomic mass is 16.3. The summed E-state index contributed by atoms with van der Waals surface area (Å²) >= 11 is 0. The van der Waals surface area contributed by atoms with Gasteiger partial charge in [0.15, 0.2) is 0 Å². The second-order valence-electron chi connectivity index (χ2n) is 7.92. The molecule has 26 heavy (non-hydrogen) atoms. The first kappa shape index (κ1) is 19.1. The number of likely N-dealkylation sites (tertiary alicyclic amines) is 1. The van der Waals surface area contributed by atoms with Crippen LogP contribution in [0.4, 0.5) is 0 Å². The summed E-state index contributed by atoms with van der Waals surface area (Å²) in [6.45, 7) is 4.84. The van der Waals surface area contributed by atoms with Crippen molar-refractivity contribution in [2.24, 2.45) is 13.0 Å². The van der Waals surface area contributed by atoms with Crippen molar-refractivity contribution in [3.8, 4) is 0 Å². The minimum absolute atomic E-state index is 0.399. The monoisotopic (exact) mass is 356 g/mol. The molecule has 0 spiro atoms. The summed E-state index contributed by atoms with van der Waals surface area (Å²) in [4.78, 5) is 4.73. The number of aliphatic hydroxyl groups is 1. The molecule has 1 unspecified atom stereocenters. The van der Waals surface area contributed by atoms with Crippen molar-refractivity contribution in [3.63, 3.8) is 0 Å². The molecule has 0 bridgehead atoms. The van der Waals surface area contributed by atoms with Crippen molar-refractivity contribution in [2.75, 3.05) is 33.7 Å². The Balaban J connectivity index is 1.64. The third-order valence-electron chi connectivity index (χ3n) is 5.57. The zero-order valence-electron chi connectivity index (χ0n) is 16.5. The van der Waals surface area contributed by atoms with Crippen molar-refractivity contribution in [3.05, 3.63) is 53.3 Å². The first-order chi connectivity index (χ1) is 12.4. The van der Waals surface area contributed by atoms with E-state index in [2.05, 4.69) is 54.2 Å². The first-order valence-electron chi connectivity index (χ1n) is 9.56. The lowest BCUT2D eigenvalue weighted by molar-refractivity contribution is 0.0711. The van der Waals surface area contributed by atoms with Crippen LogP contribution in [-0.4, -0.2) is 58.4 Å². The highest BCUT2D eigenvalue weighted by Gasteiger charge is 2.32. The van der Waals surface area contributed by atoms with Crippen LogP contribution in [0, 0.1) is 12.8 Å². The van der Waals surface area contributed by atoms with E-state index in [-0.39, 0.29) is 0 Å². The fourth-order valence-corrected chi connectivity index (χ4v) is 4.23. The van der Waals surface area contributed by atoms with Gasteiger partial charge in [0.05, 0.1) is 12.3 Å². The molecule has 1 aliphatic rings. The van der Waals surface area contributed by atoms with E-state index in [1.54, 1.807) is 0 Å². The van der Waals surface area contributed by atoms with Crippen LogP contribution in [0.15, 0.2) is 36.7 Å². The number of piperidine rings is 1. The molecular formula is C21H32N4O. The maximum atomic E-state index is 10.6. The van der Waals surface area contributed by atoms with Gasteiger partial charge in [-0.05, 0) is 51.9 Å². The van der Waals surface area contributed by atoms with Gasteiger partial charge in [-0.2, -0.15) is 5.10 Å². The molecule has 1 aliphatic heterocycles. The van der Waals surface area contributed by atoms with E-state index < -0.39 is 6.10 Å². The first-order valence-corrected chi connectivity index (χ1v) is 9.56. The molecule has 1 N–H and O–H groups in total. The van der Waals surface area contributed by atoms with Gasteiger partial charge in [-0.25, -0.2) is 0 Å². The molecule has 1 saturated heterocycles. The quantitative estimate of drug-likeness (QED) is 0.864. The van der Waals surface area contributed by atoms with Gasteiger partial charge in [-0.3, -0.25) is 9.58 Å². The van der Waals surface area contributed by atoms with Crippen LogP contribution < -0.4 is 0 Å². The largest absolute Gasteiger partial charge is 0.387 e. The number of hydrogen-bond acceptors (Lipinski definition) is 4. The van der Waals surface area contributed by atoms with E-state index in [0.29, 0.717) is 18.5 Å². The molecule has 0 radical (unpaired) electrons. The Morgan fingerprint density at radius 3 is 2.65 bits per heavy atom. The van der Waals surface area contributed by atoms with Crippen molar-refractivity contribution in [1.29, 1.82) is 0 Å². The van der Waals surface area contributed by atoms with Crippen molar-refractivity contribution in [2.45, 2.75) is 31.9 Å². The van der Waals surface area contributed by atoms with Crippen LogP contribution >= 0.6 is 0 Å². The Hall–Kier alpha value is -1.69. The molecule has 1 aromatic carbocycles. The number of rotatable bonds is 6. The van der Waals surface area contributed by atoms with E-state index in [1.807, 2.05) is 30.1 Å². The summed E-state index contributed by atoms with van der Waals surface area (Å²) in [5, 5.41) is 15.0. The highest BCUT2D eigenvalue weighted by Crippen LogP contribution is 2.35. The number of aryl methyl sites for hydroxylation is 2. The zero-order valence-corrected chi connectivity index (χ0v) is 16.5. The number of nitrogens with zero attached hydrogens (tertiary/aromatic N) is 4. The Morgan fingerprint density at radius 2 is 2.00 bits per heavy atom. The molecular weight excluding hydrogens is 324 g/mol. The summed E-state index contributed by atoms with van der Waals surface area (Å²) < 4.78 is 1.89. The second kappa shape index (κ2) is 8.33. The van der Waals surface area contributed by atoms with E-state index >= 15 is 0 Å². The average molecular weight is 357 g/mol. The summed E-state index contributed by atoms with van der Waals surface area (Å²) in [6.07, 6.45) is 6.14. The summed E-state index contributed by atoms with van der Waals surface area (Å²) in [5.41, 5.74) is 3.51. The van der Waals surface area contributed by atoms with Gasteiger partial charge < -0.3 is 10.0 Å². The normalized spacial score (nSPS) is 22.7. The number of likely N-dealkylation sites (N-methyl/N-ethyl adjacent to an activating group) is 1. The molecule has 2 aromatic rings. The molecule has 0 amide bonds. The predicted molar refractivity (Wildman–Crippen MR) is 105 cm³/mol. The average Bonchev–Trinajstić information content (AvgIpc) is 3.01. The number of hydrogen-bond donors (Lipinski definition) is 1. The van der Waals surface area contributed by atoms with E-state index in [0.717, 1.165) is 18.7 Å². The van der Waals surface area contributed by atoms with Gasteiger partial charge >= 0.3 is 0 Å². The molecule has 5 heteroatoms. The molecule has 3 atom stereocenters. The summed E-state index contributed by atoms with van der Waals surface area (Å²) in [7, 11) is 6.31. The topological polar surface area (TPSA) is 44.5 Å². The van der Waals surface area contributed by atoms with E-state index in [1.165, 1.54) is 24.0 Å². The Bertz CT molecular complexity index is 696. The van der Waals surface area contributed by atoms with Crippen LogP contribution in [0.1, 0.15) is 41.7 Å². The minimum atomic E-state index is -0.446. The summed E-state index contributed by atoms with van der Waals surface area (Å²) in [6, 6.07) is 8.58. The third kappa shape index (κ3) is 4.53. The van der Waals surface area contributed by atoms with Crippen LogP contribution in [0.5, 0.6) is 0 Å². The van der Waals surface area contributed by atoms with E-state index in [9.17, 15) is 5.11 Å². The fourth-order valence-electron chi connectivity index (χ4n) is 4.23. The summed E-state index contributed by atoms with van der Waals surface area (Å²) in [5.74, 6) is 0.549. The Kier molecular flexibility index (Phi) is 6.12. The van der Waals surface area contributed by atoms with Gasteiger partial charge in [0.1, 0.15) is 0 Å². The molecule has 2 heterocycles. The van der Waals surface area contributed by atoms with Gasteiger partial charge in [0.2, 0.25) is 0 Å². The minimum Gasteiger partial charge on any atom is -0.387 e. The smallest absolute Gasteiger partial charge is 0.0916 e. The van der Waals surface area contributed by atoms with Gasteiger partial charge in [-0.15, -0.1) is 0 Å². The molecule has 3 rings (SSSR count). The molecule has 0 saturated carbocycles. The molecule has 1 aromatic heterocycles. The number of benzene rings is 1. The lowest BCUT2D eigenvalue weighted by atomic mass is 9.85. The standard InChI is InChI=1S/C21H32N4O/c1-16-7-9-17(10-8-16)20(26)15-23(2)13-18-6-5-11-24(3)21(18)19-12-22-25(4)14-19/h7-10,12,14,18,20-21,26H,5-6,11,13,15H2,1-4H3/t18-,20?,21+/m0/s1. The number of aliphatic hydroxyl groups excluding tert-OH is 1. The molecule has 142 valence electrons. The third-order valence-corrected chi connectivity index (χ3v) is 5.57. The van der Waals surface area contributed by atoms with Crippen LogP contribution in [-0.2, 0) is 7.05 Å². The Labute approximate surface area is 157 Å². The highest BCUT2D eigenvalue weighted by molar-refractivity contribution is 5.23. The zero-order chi connectivity index (χ0) is 18.7. The maximum Gasteiger partial charge on any atom is 0.0916 e. The lowest BCUT2D eigenvalue weighted by Crippen LogP contribution is -2.41.